The van der Waals surface area contributed by atoms with Crippen molar-refractivity contribution in [3.05, 3.63) is 99.8 Å². The monoisotopic (exact) mass is 663 g/mol. The lowest BCUT2D eigenvalue weighted by atomic mass is 9.92. The highest BCUT2D eigenvalue weighted by Crippen LogP contribution is 2.45. The number of nitrogens with zero attached hydrogens (tertiary/aromatic N) is 3. The Morgan fingerprint density at radius 3 is 2.34 bits per heavy atom. The lowest BCUT2D eigenvalue weighted by Gasteiger charge is -2.32. The molecule has 13 heteroatoms. The van der Waals surface area contributed by atoms with Crippen molar-refractivity contribution in [2.75, 3.05) is 32.3 Å². The second kappa shape index (κ2) is 13.4. The Bertz CT molecular complexity index is 1820. The zero-order valence-electron chi connectivity index (χ0n) is 26.1. The number of ether oxygens (including phenoxy) is 3. The number of para-hydroxylation sites is 1. The first-order valence-corrected chi connectivity index (χ1v) is 15.0. The number of aliphatic hydroxyl groups is 1. The Morgan fingerprint density at radius 2 is 1.72 bits per heavy atom. The van der Waals surface area contributed by atoms with Crippen LogP contribution in [0.25, 0.3) is 5.69 Å². The topological polar surface area (TPSA) is 161 Å². The molecule has 3 N–H and O–H groups in total. The number of hydrogen-bond donors (Lipinski definition) is 3. The van der Waals surface area contributed by atoms with Gasteiger partial charge in [-0.1, -0.05) is 37.6 Å². The first-order valence-electron chi connectivity index (χ1n) is 14.6. The van der Waals surface area contributed by atoms with Crippen molar-refractivity contribution in [2.45, 2.75) is 32.5 Å². The van der Waals surface area contributed by atoms with Crippen LogP contribution < -0.4 is 14.4 Å². The first-order chi connectivity index (χ1) is 22.4. The molecule has 2 atom stereocenters. The fourth-order valence-corrected chi connectivity index (χ4v) is 5.78. The molecule has 0 fully saturated rings. The normalized spacial score (nSPS) is 16.4. The number of rotatable bonds is 11. The van der Waals surface area contributed by atoms with Crippen molar-refractivity contribution >= 4 is 35.1 Å². The summed E-state index contributed by atoms with van der Waals surface area (Å²) in [6.45, 7) is 3.51. The van der Waals surface area contributed by atoms with Crippen molar-refractivity contribution < 1.29 is 43.9 Å². The third kappa shape index (κ3) is 6.66. The van der Waals surface area contributed by atoms with Gasteiger partial charge in [-0.05, 0) is 48.5 Å². The number of carbonyl (C=O) groups excluding carboxylic acids is 1. The highest BCUT2D eigenvalue weighted by Gasteiger charge is 2.41. The maximum atomic E-state index is 14.6. The van der Waals surface area contributed by atoms with E-state index < -0.39 is 35.5 Å². The molecule has 1 amide bonds. The average Bonchev–Trinajstić information content (AvgIpc) is 3.44. The minimum atomic E-state index is -1.27. The van der Waals surface area contributed by atoms with Gasteiger partial charge in [0.25, 0.3) is 5.91 Å². The summed E-state index contributed by atoms with van der Waals surface area (Å²) in [5.41, 5.74) is 1.26. The van der Waals surface area contributed by atoms with E-state index in [2.05, 4.69) is 5.10 Å². The molecule has 0 radical (unpaired) electrons. The van der Waals surface area contributed by atoms with Crippen LogP contribution in [-0.4, -0.2) is 76.4 Å². The van der Waals surface area contributed by atoms with E-state index in [1.165, 1.54) is 54.3 Å². The number of fused-ring (bicyclic) bond motifs is 1. The number of aliphatic hydroxyl groups excluding tert-OH is 1. The van der Waals surface area contributed by atoms with Crippen molar-refractivity contribution in [3.63, 3.8) is 0 Å². The second-order valence-corrected chi connectivity index (χ2v) is 12.3. The van der Waals surface area contributed by atoms with E-state index in [9.17, 15) is 29.7 Å². The Hall–Kier alpha value is -4.91. The van der Waals surface area contributed by atoms with E-state index in [1.54, 1.807) is 36.4 Å². The van der Waals surface area contributed by atoms with E-state index in [0.717, 1.165) is 0 Å². The van der Waals surface area contributed by atoms with Crippen molar-refractivity contribution in [2.24, 2.45) is 5.41 Å². The highest BCUT2D eigenvalue weighted by molar-refractivity contribution is 6.30. The number of hydrogen-bond acceptors (Lipinski definition) is 8. The average molecular weight is 664 g/mol. The molecule has 0 spiro atoms. The number of aromatic nitrogens is 2. The van der Waals surface area contributed by atoms with E-state index in [1.807, 2.05) is 13.8 Å². The van der Waals surface area contributed by atoms with Gasteiger partial charge in [0, 0.05) is 46.8 Å². The number of carbonyl (C=O) groups is 3. The highest BCUT2D eigenvalue weighted by atomic mass is 35.5. The summed E-state index contributed by atoms with van der Waals surface area (Å²) in [5, 5.41) is 34.3. The van der Waals surface area contributed by atoms with E-state index in [0.29, 0.717) is 39.0 Å². The van der Waals surface area contributed by atoms with Gasteiger partial charge in [-0.3, -0.25) is 4.79 Å². The minimum absolute atomic E-state index is 0.0387. The SMILES string of the molecule is COc1cccc([C@H]2O[C@H](Cc3c(C(=O)O)cnn3-c3ccc(C(=O)O)cc3)C(=O)N(CC(C)(C)CO)c3ccc(Cl)cc32)c1OC. The number of halogens is 1. The number of carboxylic acid groups (broad SMARTS) is 2. The summed E-state index contributed by atoms with van der Waals surface area (Å²) in [5.74, 6) is -2.07. The molecule has 1 aliphatic heterocycles. The van der Waals surface area contributed by atoms with Crippen LogP contribution in [0.15, 0.2) is 66.9 Å². The molecule has 0 saturated carbocycles. The molecule has 2 heterocycles. The van der Waals surface area contributed by atoms with E-state index in [4.69, 9.17) is 25.8 Å². The number of aromatic carboxylic acids is 2. The second-order valence-electron chi connectivity index (χ2n) is 11.8. The van der Waals surface area contributed by atoms with Crippen LogP contribution in [0.2, 0.25) is 5.02 Å². The number of amides is 1. The third-order valence-electron chi connectivity index (χ3n) is 7.97. The third-order valence-corrected chi connectivity index (χ3v) is 8.21. The van der Waals surface area contributed by atoms with Crippen LogP contribution in [0.1, 0.15) is 57.5 Å². The summed E-state index contributed by atoms with van der Waals surface area (Å²) in [7, 11) is 2.99. The van der Waals surface area contributed by atoms with E-state index in [-0.39, 0.29) is 36.4 Å². The van der Waals surface area contributed by atoms with Crippen LogP contribution in [0.3, 0.4) is 0 Å². The molecule has 1 aliphatic rings. The van der Waals surface area contributed by atoms with Crippen molar-refractivity contribution in [3.8, 4) is 17.2 Å². The van der Waals surface area contributed by atoms with Gasteiger partial charge in [-0.15, -0.1) is 0 Å². The summed E-state index contributed by atoms with van der Waals surface area (Å²) in [6, 6.07) is 16.1. The lowest BCUT2D eigenvalue weighted by Crippen LogP contribution is -2.46. The molecule has 0 unspecified atom stereocenters. The summed E-state index contributed by atoms with van der Waals surface area (Å²) >= 11 is 6.52. The number of carboxylic acids is 2. The van der Waals surface area contributed by atoms with Crippen molar-refractivity contribution in [1.29, 1.82) is 0 Å². The molecule has 246 valence electrons. The maximum absolute atomic E-state index is 14.6. The molecule has 12 nitrogen and oxygen atoms in total. The molecule has 3 aromatic carbocycles. The molecule has 0 aliphatic carbocycles. The molecular formula is C34H34ClN3O9. The van der Waals surface area contributed by atoms with Gasteiger partial charge in [0.15, 0.2) is 11.5 Å². The largest absolute Gasteiger partial charge is 0.493 e. The van der Waals surface area contributed by atoms with Gasteiger partial charge in [0.2, 0.25) is 0 Å². The first kappa shape index (κ1) is 33.5. The number of methoxy groups -OCH3 is 2. The Balaban J connectivity index is 1.70. The van der Waals surface area contributed by atoms with Gasteiger partial charge in [0.1, 0.15) is 17.8 Å². The molecule has 1 aromatic heterocycles. The van der Waals surface area contributed by atoms with Crippen LogP contribution >= 0.6 is 11.6 Å². The molecular weight excluding hydrogens is 630 g/mol. The summed E-state index contributed by atoms with van der Waals surface area (Å²) in [4.78, 5) is 40.0. The Kier molecular flexibility index (Phi) is 9.57. The van der Waals surface area contributed by atoms with Gasteiger partial charge >= 0.3 is 11.9 Å². The van der Waals surface area contributed by atoms with E-state index >= 15 is 0 Å². The Morgan fingerprint density at radius 1 is 1.00 bits per heavy atom. The van der Waals surface area contributed by atoms with Gasteiger partial charge in [-0.25, -0.2) is 14.3 Å². The van der Waals surface area contributed by atoms with Crippen LogP contribution in [0.5, 0.6) is 11.5 Å². The summed E-state index contributed by atoms with van der Waals surface area (Å²) < 4.78 is 19.4. The number of anilines is 1. The molecule has 4 aromatic rings. The van der Waals surface area contributed by atoms with Crippen LogP contribution in [0, 0.1) is 5.41 Å². The number of benzene rings is 3. The predicted octanol–water partition coefficient (Wildman–Crippen LogP) is 5.02. The minimum Gasteiger partial charge on any atom is -0.493 e. The molecule has 5 rings (SSSR count). The zero-order chi connectivity index (χ0) is 34.0. The van der Waals surface area contributed by atoms with Crippen LogP contribution in [-0.2, 0) is 16.0 Å². The van der Waals surface area contributed by atoms with Crippen molar-refractivity contribution in [1.82, 2.24) is 9.78 Å². The predicted molar refractivity (Wildman–Crippen MR) is 172 cm³/mol. The zero-order valence-corrected chi connectivity index (χ0v) is 26.9. The fraction of sp³-hybridized carbons (Fsp3) is 0.294. The lowest BCUT2D eigenvalue weighted by molar-refractivity contribution is -0.132. The Labute approximate surface area is 275 Å². The molecule has 47 heavy (non-hydrogen) atoms. The molecule has 0 saturated heterocycles. The molecule has 0 bridgehead atoms. The van der Waals surface area contributed by atoms with Crippen LogP contribution in [0.4, 0.5) is 5.69 Å². The maximum Gasteiger partial charge on any atom is 0.339 e. The van der Waals surface area contributed by atoms with Gasteiger partial charge in [-0.2, -0.15) is 5.10 Å². The quantitative estimate of drug-likeness (QED) is 0.199. The smallest absolute Gasteiger partial charge is 0.339 e. The fourth-order valence-electron chi connectivity index (χ4n) is 5.60. The standard InChI is InChI=1S/C34H34ClN3O9/c1-34(2,18-39)17-37-25-13-10-20(35)14-23(25)29(22-6-5-7-27(45-3)30(22)46-4)47-28(31(37)40)15-26-24(33(43)44)16-36-38(26)21-11-8-19(9-12-21)32(41)42/h5-14,16,28-29,39H,15,17-18H2,1-4H3,(H,41,42)(H,43,44)/t28-,29-/m1/s1. The summed E-state index contributed by atoms with van der Waals surface area (Å²) in [6.07, 6.45) is -1.28. The van der Waals surface area contributed by atoms with Gasteiger partial charge in [0.05, 0.1) is 37.4 Å². The van der Waals surface area contributed by atoms with Gasteiger partial charge < -0.3 is 34.4 Å².